The first-order valence-corrected chi connectivity index (χ1v) is 24.8. The number of aromatic nitrogens is 4. The second-order valence-corrected chi connectivity index (χ2v) is 20.7. The highest BCUT2D eigenvalue weighted by atomic mass is 32.2. The molecule has 3 amide bonds. The summed E-state index contributed by atoms with van der Waals surface area (Å²) in [5, 5.41) is 8.97. The van der Waals surface area contributed by atoms with Gasteiger partial charge in [0.15, 0.2) is 0 Å². The van der Waals surface area contributed by atoms with Gasteiger partial charge in [-0.25, -0.2) is 36.4 Å². The van der Waals surface area contributed by atoms with Crippen molar-refractivity contribution in [3.8, 4) is 0 Å². The Labute approximate surface area is 402 Å². The van der Waals surface area contributed by atoms with Crippen LogP contribution in [0.3, 0.4) is 0 Å². The van der Waals surface area contributed by atoms with Gasteiger partial charge in [-0.05, 0) is 76.6 Å². The molecule has 2 aromatic carbocycles. The highest BCUT2D eigenvalue weighted by Gasteiger charge is 2.42. The lowest BCUT2D eigenvalue weighted by molar-refractivity contribution is -0.154. The molecule has 2 aromatic heterocycles. The first kappa shape index (κ1) is 56.9. The standard InChI is InChI=1S/C19H27N3O5S.C12H19NO4.C7H6N4O.C7H10N2O2S/c1-5-19(3,4)16(23)18(25)22-12-6-7-15(22)17(24)20-21-28(26,27)14-10-8-13(2)9-11-14;1-4-12(2,3)9(14)10(15)13-7-5-6-8(13)11(16)17;12-7(10-3-1-8-5-10)11-4-2-9-6-11;1-6-2-4-7(5-3-6)12(10,11)9-8/h8-11,15,21H,5-7,12H2,1-4H3,(H,20,24);8H,4-7H2,1-3H3,(H,16,17);1-6H;2-5,9H,8H2,1H3/t15-;8-;;/m00../s1. The minimum Gasteiger partial charge on any atom is -0.480 e. The Morgan fingerprint density at radius 2 is 1.06 bits per heavy atom. The van der Waals surface area contributed by atoms with Crippen molar-refractivity contribution in [2.24, 2.45) is 16.7 Å². The Hall–Kier alpha value is -6.47. The number of rotatable bonds is 13. The fourth-order valence-corrected chi connectivity index (χ4v) is 7.83. The lowest BCUT2D eigenvalue weighted by atomic mass is 9.84. The molecule has 376 valence electrons. The molecule has 4 heterocycles. The molecular weight excluding hydrogens is 937 g/mol. The monoisotopic (exact) mass is 998 g/mol. The van der Waals surface area contributed by atoms with Crippen molar-refractivity contribution < 1.29 is 55.5 Å². The van der Waals surface area contributed by atoms with Gasteiger partial charge in [0, 0.05) is 48.7 Å². The Balaban J connectivity index is 0.000000261. The second kappa shape index (κ2) is 24.7. The summed E-state index contributed by atoms with van der Waals surface area (Å²) in [6, 6.07) is 10.7. The number of ketones is 2. The maximum atomic E-state index is 12.6. The van der Waals surface area contributed by atoms with E-state index in [0.29, 0.717) is 45.1 Å². The van der Waals surface area contributed by atoms with E-state index in [1.807, 2.05) is 27.7 Å². The lowest BCUT2D eigenvalue weighted by Gasteiger charge is -2.27. The predicted molar refractivity (Wildman–Crippen MR) is 251 cm³/mol. The molecule has 24 heteroatoms. The number of benzene rings is 2. The van der Waals surface area contributed by atoms with Gasteiger partial charge in [0.1, 0.15) is 24.7 Å². The van der Waals surface area contributed by atoms with E-state index in [0.717, 1.165) is 11.1 Å². The minimum atomic E-state index is -3.94. The van der Waals surface area contributed by atoms with Gasteiger partial charge in [-0.2, -0.15) is 4.83 Å². The van der Waals surface area contributed by atoms with Gasteiger partial charge >= 0.3 is 12.0 Å². The number of amides is 3. The van der Waals surface area contributed by atoms with Gasteiger partial charge in [-0.15, -0.1) is 4.83 Å². The summed E-state index contributed by atoms with van der Waals surface area (Å²) < 4.78 is 49.5. The maximum absolute atomic E-state index is 12.6. The van der Waals surface area contributed by atoms with Crippen molar-refractivity contribution in [1.29, 1.82) is 0 Å². The van der Waals surface area contributed by atoms with Crippen molar-refractivity contribution in [3.05, 3.63) is 97.1 Å². The maximum Gasteiger partial charge on any atom is 0.338 e. The molecule has 2 aliphatic heterocycles. The van der Waals surface area contributed by atoms with Crippen LogP contribution in [0, 0.1) is 24.7 Å². The Bertz CT molecular complexity index is 2600. The summed E-state index contributed by atoms with van der Waals surface area (Å²) in [5.74, 6) is 0.753. The third kappa shape index (κ3) is 15.5. The van der Waals surface area contributed by atoms with Crippen molar-refractivity contribution >= 4 is 61.3 Å². The van der Waals surface area contributed by atoms with E-state index in [9.17, 15) is 50.4 Å². The van der Waals surface area contributed by atoms with E-state index in [4.69, 9.17) is 10.9 Å². The number of likely N-dealkylation sites (tertiary alicyclic amines) is 2. The number of nitrogens with zero attached hydrogens (tertiary/aromatic N) is 6. The number of Topliss-reactive ketones (excluding diaryl/α,β-unsaturated/α-hetero) is 2. The van der Waals surface area contributed by atoms with Crippen molar-refractivity contribution in [2.75, 3.05) is 13.1 Å². The summed E-state index contributed by atoms with van der Waals surface area (Å²) in [6.45, 7) is 14.8. The molecule has 0 aliphatic carbocycles. The molecule has 2 aliphatic rings. The summed E-state index contributed by atoms with van der Waals surface area (Å²) in [6.07, 6.45) is 12.2. The Morgan fingerprint density at radius 3 is 1.42 bits per heavy atom. The summed E-state index contributed by atoms with van der Waals surface area (Å²) in [4.78, 5) is 97.8. The number of nitrogens with two attached hydrogens (primary N) is 1. The second-order valence-electron chi connectivity index (χ2n) is 17.3. The number of hydrogen-bond donors (Lipinski definition) is 5. The Morgan fingerprint density at radius 1 is 0.667 bits per heavy atom. The van der Waals surface area contributed by atoms with Crippen molar-refractivity contribution in [2.45, 2.75) is 116 Å². The molecule has 0 saturated carbocycles. The van der Waals surface area contributed by atoms with Gasteiger partial charge in [0.05, 0.1) is 9.79 Å². The number of hydrazine groups is 2. The molecule has 2 saturated heterocycles. The van der Waals surface area contributed by atoms with Crippen LogP contribution in [0.15, 0.2) is 95.8 Å². The molecule has 6 N–H and O–H groups in total. The van der Waals surface area contributed by atoms with E-state index in [-0.39, 0.29) is 22.4 Å². The average molecular weight is 999 g/mol. The fourth-order valence-electron chi connectivity index (χ4n) is 6.35. The third-order valence-electron chi connectivity index (χ3n) is 11.6. The number of carbonyl (C=O) groups excluding carboxylic acids is 6. The lowest BCUT2D eigenvalue weighted by Crippen LogP contribution is -2.53. The molecule has 2 atom stereocenters. The number of carboxylic acids is 1. The van der Waals surface area contributed by atoms with Gasteiger partial charge in [0.25, 0.3) is 37.8 Å². The summed E-state index contributed by atoms with van der Waals surface area (Å²) in [7, 11) is -7.42. The van der Waals surface area contributed by atoms with Gasteiger partial charge in [-0.3, -0.25) is 44.4 Å². The number of carboxylic acid groups (broad SMARTS) is 1. The van der Waals surface area contributed by atoms with E-state index < -0.39 is 78.2 Å². The molecule has 0 bridgehead atoms. The number of carbonyl (C=O) groups is 7. The minimum absolute atomic E-state index is 0.0117. The normalized spacial score (nSPS) is 15.8. The number of aliphatic carboxylic acids is 1. The van der Waals surface area contributed by atoms with Crippen LogP contribution >= 0.6 is 0 Å². The quantitative estimate of drug-likeness (QED) is 0.0730. The number of sulfonamides is 2. The molecule has 0 unspecified atom stereocenters. The van der Waals surface area contributed by atoms with Crippen LogP contribution in [0.4, 0.5) is 4.79 Å². The van der Waals surface area contributed by atoms with Crippen molar-refractivity contribution in [3.63, 3.8) is 0 Å². The molecule has 0 radical (unpaired) electrons. The number of aryl methyl sites for hydroxylation is 2. The van der Waals surface area contributed by atoms with Crippen LogP contribution in [0.25, 0.3) is 0 Å². The molecule has 2 fully saturated rings. The molecule has 4 aromatic rings. The van der Waals surface area contributed by atoms with E-state index >= 15 is 0 Å². The molecule has 6 rings (SSSR count). The van der Waals surface area contributed by atoms with Gasteiger partial charge < -0.3 is 14.9 Å². The SMILES string of the molecule is CCC(C)(C)C(=O)C(=O)N1CCC[C@H]1C(=O)NNS(=O)(=O)c1ccc(C)cc1.CCC(C)(C)C(=O)C(=O)N1CCC[C@H]1C(=O)O.Cc1ccc(S(=O)(=O)NN)cc1.O=C(n1ccnc1)n1ccnc1. The van der Waals surface area contributed by atoms with Crippen molar-refractivity contribution in [1.82, 2.24) is 44.0 Å². The van der Waals surface area contributed by atoms with Gasteiger partial charge in [-0.1, -0.05) is 76.9 Å². The largest absolute Gasteiger partial charge is 0.480 e. The molecular formula is C45H62N10O12S2. The average Bonchev–Trinajstić information content (AvgIpc) is 4.19. The zero-order valence-corrected chi connectivity index (χ0v) is 41.5. The molecule has 69 heavy (non-hydrogen) atoms. The van der Waals surface area contributed by atoms with Crippen LogP contribution in [0.1, 0.15) is 91.2 Å². The van der Waals surface area contributed by atoms with Crippen LogP contribution in [0.5, 0.6) is 0 Å². The first-order chi connectivity index (χ1) is 32.2. The summed E-state index contributed by atoms with van der Waals surface area (Å²) >= 11 is 0. The predicted octanol–water partition coefficient (Wildman–Crippen LogP) is 3.11. The number of hydrogen-bond acceptors (Lipinski definition) is 14. The molecule has 22 nitrogen and oxygen atoms in total. The number of nitrogens with one attached hydrogen (secondary N) is 3. The zero-order valence-electron chi connectivity index (χ0n) is 39.9. The van der Waals surface area contributed by atoms with Crippen LogP contribution in [0.2, 0.25) is 0 Å². The number of imidazole rings is 2. The third-order valence-corrected chi connectivity index (χ3v) is 14.0. The fraction of sp³-hybridized carbons (Fsp3) is 0.444. The van der Waals surface area contributed by atoms with Crippen LogP contribution < -0.4 is 20.9 Å². The zero-order chi connectivity index (χ0) is 51.9. The van der Waals surface area contributed by atoms with Crippen LogP contribution in [-0.2, 0) is 48.8 Å². The first-order valence-electron chi connectivity index (χ1n) is 21.9. The highest BCUT2D eigenvalue weighted by molar-refractivity contribution is 7.89. The Kier molecular flexibility index (Phi) is 20.4. The topological polar surface area (TPSA) is 312 Å². The van der Waals surface area contributed by atoms with E-state index in [1.165, 1.54) is 55.9 Å². The summed E-state index contributed by atoms with van der Waals surface area (Å²) in [5.41, 5.74) is 2.55. The van der Waals surface area contributed by atoms with E-state index in [1.54, 1.807) is 81.6 Å². The molecule has 0 spiro atoms. The van der Waals surface area contributed by atoms with Crippen LogP contribution in [-0.4, -0.2) is 117 Å². The van der Waals surface area contributed by atoms with E-state index in [2.05, 4.69) is 20.2 Å². The van der Waals surface area contributed by atoms with Gasteiger partial charge in [0.2, 0.25) is 11.6 Å². The smallest absolute Gasteiger partial charge is 0.338 e. The highest BCUT2D eigenvalue weighted by Crippen LogP contribution is 2.27.